The fourth-order valence-corrected chi connectivity index (χ4v) is 3.06. The van der Waals surface area contributed by atoms with Crippen molar-refractivity contribution in [1.29, 1.82) is 0 Å². The summed E-state index contributed by atoms with van der Waals surface area (Å²) in [5.74, 6) is 0. The SMILES string of the molecule is CC(N[C@@H](C)c1cccnc1)c1ccc2c(c1)CCC2. The molecule has 3 rings (SSSR count). The van der Waals surface area contributed by atoms with Crippen LogP contribution < -0.4 is 5.32 Å². The zero-order valence-electron chi connectivity index (χ0n) is 12.3. The number of fused-ring (bicyclic) bond motifs is 1. The molecule has 1 N–H and O–H groups in total. The van der Waals surface area contributed by atoms with Crippen LogP contribution in [-0.4, -0.2) is 4.98 Å². The van der Waals surface area contributed by atoms with Gasteiger partial charge in [-0.05, 0) is 61.4 Å². The summed E-state index contributed by atoms with van der Waals surface area (Å²) >= 11 is 0. The van der Waals surface area contributed by atoms with Crippen LogP contribution in [0.5, 0.6) is 0 Å². The van der Waals surface area contributed by atoms with Crippen LogP contribution in [0.3, 0.4) is 0 Å². The highest BCUT2D eigenvalue weighted by Crippen LogP contribution is 2.26. The predicted molar refractivity (Wildman–Crippen MR) is 82.7 cm³/mol. The van der Waals surface area contributed by atoms with E-state index in [1.54, 1.807) is 11.1 Å². The molecule has 0 aliphatic heterocycles. The first kappa shape index (κ1) is 13.3. The number of rotatable bonds is 4. The second-order valence-corrected chi connectivity index (χ2v) is 5.78. The Morgan fingerprint density at radius 2 is 1.80 bits per heavy atom. The molecule has 2 heteroatoms. The minimum Gasteiger partial charge on any atom is -0.304 e. The Morgan fingerprint density at radius 1 is 1.00 bits per heavy atom. The Kier molecular flexibility index (Phi) is 3.83. The number of hydrogen-bond donors (Lipinski definition) is 1. The van der Waals surface area contributed by atoms with Gasteiger partial charge in [-0.2, -0.15) is 0 Å². The molecule has 1 aliphatic carbocycles. The summed E-state index contributed by atoms with van der Waals surface area (Å²) in [5, 5.41) is 3.66. The molecule has 0 amide bonds. The fourth-order valence-electron chi connectivity index (χ4n) is 3.06. The molecule has 1 unspecified atom stereocenters. The van der Waals surface area contributed by atoms with Gasteiger partial charge in [-0.1, -0.05) is 24.3 Å². The Morgan fingerprint density at radius 3 is 2.60 bits per heavy atom. The van der Waals surface area contributed by atoms with Crippen molar-refractivity contribution < 1.29 is 0 Å². The number of hydrogen-bond acceptors (Lipinski definition) is 2. The van der Waals surface area contributed by atoms with E-state index >= 15 is 0 Å². The number of pyridine rings is 1. The smallest absolute Gasteiger partial charge is 0.0315 e. The maximum absolute atomic E-state index is 4.19. The van der Waals surface area contributed by atoms with E-state index in [0.29, 0.717) is 12.1 Å². The molecular formula is C18H22N2. The average Bonchev–Trinajstić information content (AvgIpc) is 2.95. The molecule has 0 spiro atoms. The van der Waals surface area contributed by atoms with Gasteiger partial charge < -0.3 is 5.32 Å². The van der Waals surface area contributed by atoms with Gasteiger partial charge in [-0.25, -0.2) is 0 Å². The van der Waals surface area contributed by atoms with Gasteiger partial charge in [0.2, 0.25) is 0 Å². The molecular weight excluding hydrogens is 244 g/mol. The van der Waals surface area contributed by atoms with Crippen LogP contribution in [0.15, 0.2) is 42.7 Å². The summed E-state index contributed by atoms with van der Waals surface area (Å²) < 4.78 is 0. The van der Waals surface area contributed by atoms with Crippen molar-refractivity contribution in [2.45, 2.75) is 45.2 Å². The van der Waals surface area contributed by atoms with E-state index in [4.69, 9.17) is 0 Å². The summed E-state index contributed by atoms with van der Waals surface area (Å²) in [6.45, 7) is 4.43. The summed E-state index contributed by atoms with van der Waals surface area (Å²) in [7, 11) is 0. The van der Waals surface area contributed by atoms with E-state index in [-0.39, 0.29) is 0 Å². The van der Waals surface area contributed by atoms with Crippen molar-refractivity contribution in [2.75, 3.05) is 0 Å². The van der Waals surface area contributed by atoms with E-state index in [0.717, 1.165) is 0 Å². The monoisotopic (exact) mass is 266 g/mol. The molecule has 0 radical (unpaired) electrons. The molecule has 104 valence electrons. The number of aryl methyl sites for hydroxylation is 2. The standard InChI is InChI=1S/C18H22N2/c1-13(20-14(2)18-7-4-10-19-12-18)16-9-8-15-5-3-6-17(15)11-16/h4,7-14,20H,3,5-6H2,1-2H3/t13?,14-/m0/s1. The van der Waals surface area contributed by atoms with Gasteiger partial charge in [0.1, 0.15) is 0 Å². The zero-order valence-corrected chi connectivity index (χ0v) is 12.3. The highest BCUT2D eigenvalue weighted by Gasteiger charge is 2.15. The molecule has 0 saturated carbocycles. The lowest BCUT2D eigenvalue weighted by Crippen LogP contribution is -2.22. The minimum absolute atomic E-state index is 0.312. The van der Waals surface area contributed by atoms with Gasteiger partial charge >= 0.3 is 0 Å². The van der Waals surface area contributed by atoms with Gasteiger partial charge in [0, 0.05) is 24.5 Å². The predicted octanol–water partition coefficient (Wildman–Crippen LogP) is 3.98. The Bertz CT molecular complexity index is 577. The van der Waals surface area contributed by atoms with Crippen molar-refractivity contribution in [1.82, 2.24) is 10.3 Å². The van der Waals surface area contributed by atoms with Crippen LogP contribution in [0.1, 0.15) is 54.6 Å². The van der Waals surface area contributed by atoms with Crippen molar-refractivity contribution >= 4 is 0 Å². The molecule has 1 aromatic heterocycles. The second-order valence-electron chi connectivity index (χ2n) is 5.78. The first-order chi connectivity index (χ1) is 9.74. The first-order valence-electron chi connectivity index (χ1n) is 7.51. The molecule has 1 aromatic carbocycles. The van der Waals surface area contributed by atoms with Crippen LogP contribution in [0, 0.1) is 0 Å². The lowest BCUT2D eigenvalue weighted by molar-refractivity contribution is 0.493. The maximum Gasteiger partial charge on any atom is 0.0315 e. The van der Waals surface area contributed by atoms with E-state index in [1.807, 2.05) is 18.5 Å². The number of aromatic nitrogens is 1. The normalized spacial score (nSPS) is 16.7. The van der Waals surface area contributed by atoms with Gasteiger partial charge in [0.05, 0.1) is 0 Å². The summed E-state index contributed by atoms with van der Waals surface area (Å²) in [6.07, 6.45) is 7.57. The number of nitrogens with zero attached hydrogens (tertiary/aromatic N) is 1. The molecule has 0 fully saturated rings. The Balaban J connectivity index is 1.71. The summed E-state index contributed by atoms with van der Waals surface area (Å²) in [4.78, 5) is 4.19. The molecule has 2 nitrogen and oxygen atoms in total. The van der Waals surface area contributed by atoms with Crippen LogP contribution in [0.25, 0.3) is 0 Å². The topological polar surface area (TPSA) is 24.9 Å². The Labute approximate surface area is 121 Å². The van der Waals surface area contributed by atoms with E-state index in [1.165, 1.54) is 30.4 Å². The van der Waals surface area contributed by atoms with Crippen molar-refractivity contribution in [3.63, 3.8) is 0 Å². The fraction of sp³-hybridized carbons (Fsp3) is 0.389. The number of nitrogens with one attached hydrogen (secondary N) is 1. The molecule has 20 heavy (non-hydrogen) atoms. The molecule has 0 saturated heterocycles. The third-order valence-corrected chi connectivity index (χ3v) is 4.31. The summed E-state index contributed by atoms with van der Waals surface area (Å²) in [5.41, 5.74) is 5.72. The van der Waals surface area contributed by atoms with E-state index in [9.17, 15) is 0 Å². The van der Waals surface area contributed by atoms with E-state index < -0.39 is 0 Å². The molecule has 2 aromatic rings. The van der Waals surface area contributed by atoms with Gasteiger partial charge in [-0.15, -0.1) is 0 Å². The van der Waals surface area contributed by atoms with Gasteiger partial charge in [0.25, 0.3) is 0 Å². The van der Waals surface area contributed by atoms with Crippen LogP contribution in [-0.2, 0) is 12.8 Å². The highest BCUT2D eigenvalue weighted by atomic mass is 14.9. The quantitative estimate of drug-likeness (QED) is 0.905. The largest absolute Gasteiger partial charge is 0.304 e. The minimum atomic E-state index is 0.312. The second kappa shape index (κ2) is 5.76. The maximum atomic E-state index is 4.19. The van der Waals surface area contributed by atoms with E-state index in [2.05, 4.69) is 48.4 Å². The highest BCUT2D eigenvalue weighted by molar-refractivity contribution is 5.36. The lowest BCUT2D eigenvalue weighted by atomic mass is 10.0. The van der Waals surface area contributed by atoms with Gasteiger partial charge in [-0.3, -0.25) is 4.98 Å². The van der Waals surface area contributed by atoms with Crippen molar-refractivity contribution in [2.24, 2.45) is 0 Å². The number of benzene rings is 1. The van der Waals surface area contributed by atoms with Crippen LogP contribution in [0.4, 0.5) is 0 Å². The van der Waals surface area contributed by atoms with Crippen molar-refractivity contribution in [3.05, 3.63) is 65.0 Å². The van der Waals surface area contributed by atoms with Crippen LogP contribution in [0.2, 0.25) is 0 Å². The zero-order chi connectivity index (χ0) is 13.9. The third kappa shape index (κ3) is 2.75. The first-order valence-corrected chi connectivity index (χ1v) is 7.51. The third-order valence-electron chi connectivity index (χ3n) is 4.31. The van der Waals surface area contributed by atoms with Crippen molar-refractivity contribution in [3.8, 4) is 0 Å². The lowest BCUT2D eigenvalue weighted by Gasteiger charge is -2.21. The van der Waals surface area contributed by atoms with Gasteiger partial charge in [0.15, 0.2) is 0 Å². The molecule has 1 heterocycles. The Hall–Kier alpha value is -1.67. The van der Waals surface area contributed by atoms with Crippen LogP contribution >= 0.6 is 0 Å². The molecule has 2 atom stereocenters. The summed E-state index contributed by atoms with van der Waals surface area (Å²) in [6, 6.07) is 11.8. The molecule has 1 aliphatic rings. The average molecular weight is 266 g/mol. The molecule has 0 bridgehead atoms.